The first-order chi connectivity index (χ1) is 14.6. The summed E-state index contributed by atoms with van der Waals surface area (Å²) in [4.78, 5) is 31.1. The minimum Gasteiger partial charge on any atom is -0.345 e. The van der Waals surface area contributed by atoms with Crippen LogP contribution >= 0.6 is 11.3 Å². The van der Waals surface area contributed by atoms with Crippen molar-refractivity contribution in [2.75, 3.05) is 0 Å². The van der Waals surface area contributed by atoms with Crippen LogP contribution in [0.25, 0.3) is 32.0 Å². The number of carbonyl (C=O) groups excluding carboxylic acids is 1. The number of carbonyl (C=O) groups is 1. The van der Waals surface area contributed by atoms with Crippen LogP contribution in [-0.2, 0) is 7.05 Å². The number of nitrogens with zero attached hydrogens (tertiary/aromatic N) is 5. The second kappa shape index (κ2) is 7.31. The van der Waals surface area contributed by atoms with E-state index in [-0.39, 0.29) is 11.9 Å². The molecule has 0 radical (unpaired) electrons. The largest absolute Gasteiger partial charge is 0.345 e. The maximum Gasteiger partial charge on any atom is 0.253 e. The van der Waals surface area contributed by atoms with Gasteiger partial charge in [-0.2, -0.15) is 0 Å². The van der Waals surface area contributed by atoms with Crippen molar-refractivity contribution in [2.45, 2.75) is 13.0 Å². The van der Waals surface area contributed by atoms with Crippen LogP contribution in [0, 0.1) is 0 Å². The molecule has 0 saturated carbocycles. The van der Waals surface area contributed by atoms with Gasteiger partial charge in [-0.3, -0.25) is 9.78 Å². The molecule has 1 aromatic carbocycles. The second-order valence-corrected chi connectivity index (χ2v) is 8.06. The lowest BCUT2D eigenvalue weighted by Crippen LogP contribution is -2.26. The van der Waals surface area contributed by atoms with Crippen LogP contribution < -0.4 is 5.32 Å². The Morgan fingerprint density at radius 3 is 2.90 bits per heavy atom. The van der Waals surface area contributed by atoms with Gasteiger partial charge < -0.3 is 9.88 Å². The third kappa shape index (κ3) is 3.21. The Labute approximate surface area is 176 Å². The number of rotatable bonds is 4. The molecule has 1 N–H and O–H groups in total. The van der Waals surface area contributed by atoms with E-state index in [9.17, 15) is 4.79 Å². The molecule has 148 valence electrons. The van der Waals surface area contributed by atoms with Gasteiger partial charge in [-0.1, -0.05) is 29.5 Å². The van der Waals surface area contributed by atoms with E-state index in [4.69, 9.17) is 4.98 Å². The third-order valence-electron chi connectivity index (χ3n) is 5.01. The van der Waals surface area contributed by atoms with Crippen LogP contribution in [0.1, 0.15) is 28.9 Å². The van der Waals surface area contributed by atoms with Crippen molar-refractivity contribution in [3.05, 3.63) is 72.4 Å². The summed E-state index contributed by atoms with van der Waals surface area (Å²) in [7, 11) is 1.96. The topological polar surface area (TPSA) is 85.6 Å². The average molecular weight is 414 g/mol. The number of amides is 1. The highest BCUT2D eigenvalue weighted by molar-refractivity contribution is 7.21. The smallest absolute Gasteiger partial charge is 0.253 e. The molecule has 0 aliphatic carbocycles. The van der Waals surface area contributed by atoms with E-state index >= 15 is 0 Å². The molecule has 0 fully saturated rings. The molecule has 0 saturated heterocycles. The quantitative estimate of drug-likeness (QED) is 0.478. The van der Waals surface area contributed by atoms with Crippen molar-refractivity contribution in [2.24, 2.45) is 7.05 Å². The molecule has 1 atom stereocenters. The van der Waals surface area contributed by atoms with Crippen LogP contribution in [0.15, 0.2) is 61.3 Å². The molecule has 4 aromatic heterocycles. The van der Waals surface area contributed by atoms with Crippen LogP contribution in [0.4, 0.5) is 0 Å². The van der Waals surface area contributed by atoms with Crippen molar-refractivity contribution in [1.82, 2.24) is 29.8 Å². The van der Waals surface area contributed by atoms with E-state index in [1.807, 2.05) is 36.7 Å². The number of pyridine rings is 2. The molecule has 1 amide bonds. The van der Waals surface area contributed by atoms with Crippen molar-refractivity contribution < 1.29 is 4.79 Å². The van der Waals surface area contributed by atoms with Gasteiger partial charge in [0.05, 0.1) is 29.6 Å². The highest BCUT2D eigenvalue weighted by Gasteiger charge is 2.16. The second-order valence-electron chi connectivity index (χ2n) is 7.08. The SMILES string of the molecule is C[C@H](NC(=O)c1cccnc1)c1cccc(-c2nc3c(ncc4ncn(C)c43)s2)c1. The molecular formula is C22H18N6OS. The molecule has 0 aliphatic heterocycles. The van der Waals surface area contributed by atoms with Gasteiger partial charge in [0, 0.05) is 25.0 Å². The van der Waals surface area contributed by atoms with Crippen LogP contribution in [-0.4, -0.2) is 30.4 Å². The van der Waals surface area contributed by atoms with E-state index in [0.717, 1.165) is 37.5 Å². The van der Waals surface area contributed by atoms with Gasteiger partial charge in [-0.25, -0.2) is 15.0 Å². The monoisotopic (exact) mass is 414 g/mol. The van der Waals surface area contributed by atoms with Gasteiger partial charge in [-0.15, -0.1) is 0 Å². The summed E-state index contributed by atoms with van der Waals surface area (Å²) in [5.41, 5.74) is 5.21. The number of fused-ring (bicyclic) bond motifs is 3. The van der Waals surface area contributed by atoms with Crippen molar-refractivity contribution in [3.63, 3.8) is 0 Å². The number of nitrogens with one attached hydrogen (secondary N) is 1. The normalized spacial score (nSPS) is 12.3. The van der Waals surface area contributed by atoms with Crippen molar-refractivity contribution in [1.29, 1.82) is 0 Å². The Hall–Kier alpha value is -3.65. The summed E-state index contributed by atoms with van der Waals surface area (Å²) in [5, 5.41) is 3.91. The first-order valence-electron chi connectivity index (χ1n) is 9.48. The number of imidazole rings is 1. The summed E-state index contributed by atoms with van der Waals surface area (Å²) >= 11 is 1.55. The van der Waals surface area contributed by atoms with Crippen molar-refractivity contribution in [3.8, 4) is 10.6 Å². The molecule has 0 bridgehead atoms. The molecule has 7 nitrogen and oxygen atoms in total. The first kappa shape index (κ1) is 18.4. The molecule has 5 aromatic rings. The van der Waals surface area contributed by atoms with E-state index in [1.54, 1.807) is 48.4 Å². The Kier molecular flexibility index (Phi) is 4.48. The van der Waals surface area contributed by atoms with Gasteiger partial charge in [0.1, 0.15) is 20.9 Å². The molecule has 0 spiro atoms. The lowest BCUT2D eigenvalue weighted by atomic mass is 10.0. The van der Waals surface area contributed by atoms with Crippen LogP contribution in [0.3, 0.4) is 0 Å². The molecule has 8 heteroatoms. The highest BCUT2D eigenvalue weighted by Crippen LogP contribution is 2.33. The predicted molar refractivity (Wildman–Crippen MR) is 117 cm³/mol. The molecule has 30 heavy (non-hydrogen) atoms. The zero-order chi connectivity index (χ0) is 20.7. The summed E-state index contributed by atoms with van der Waals surface area (Å²) in [6.45, 7) is 1.96. The zero-order valence-electron chi connectivity index (χ0n) is 16.4. The number of aromatic nitrogens is 5. The van der Waals surface area contributed by atoms with Gasteiger partial charge >= 0.3 is 0 Å². The van der Waals surface area contributed by atoms with Gasteiger partial charge in [-0.05, 0) is 30.7 Å². The Balaban J connectivity index is 1.46. The number of thiazole rings is 1. The number of aryl methyl sites for hydroxylation is 1. The predicted octanol–water partition coefficient (Wildman–Crippen LogP) is 4.13. The van der Waals surface area contributed by atoms with Gasteiger partial charge in [0.15, 0.2) is 0 Å². The zero-order valence-corrected chi connectivity index (χ0v) is 17.2. The summed E-state index contributed by atoms with van der Waals surface area (Å²) < 4.78 is 1.97. The fourth-order valence-electron chi connectivity index (χ4n) is 3.43. The third-order valence-corrected chi connectivity index (χ3v) is 6.02. The summed E-state index contributed by atoms with van der Waals surface area (Å²) in [5.74, 6) is -0.149. The van der Waals surface area contributed by atoms with Crippen LogP contribution in [0.2, 0.25) is 0 Å². The van der Waals surface area contributed by atoms with E-state index in [1.165, 1.54) is 0 Å². The lowest BCUT2D eigenvalue weighted by Gasteiger charge is -2.15. The standard InChI is InChI=1S/C22H18N6OS/c1-13(26-20(29)16-7-4-8-23-10-16)14-5-3-6-15(9-14)21-27-18-19-17(25-12-28(19)2)11-24-22(18)30-21/h3-13H,1-2H3,(H,26,29)/t13-/m0/s1. The maximum atomic E-state index is 12.5. The van der Waals surface area contributed by atoms with Gasteiger partial charge in [0.2, 0.25) is 0 Å². The maximum absolute atomic E-state index is 12.5. The highest BCUT2D eigenvalue weighted by atomic mass is 32.1. The Morgan fingerprint density at radius 1 is 1.17 bits per heavy atom. The van der Waals surface area contributed by atoms with Crippen LogP contribution in [0.5, 0.6) is 0 Å². The molecule has 0 unspecified atom stereocenters. The number of hydrogen-bond donors (Lipinski definition) is 1. The molecule has 0 aliphatic rings. The Morgan fingerprint density at radius 2 is 2.07 bits per heavy atom. The lowest BCUT2D eigenvalue weighted by molar-refractivity contribution is 0.0939. The van der Waals surface area contributed by atoms with E-state index in [2.05, 4.69) is 26.3 Å². The summed E-state index contributed by atoms with van der Waals surface area (Å²) in [6.07, 6.45) is 6.77. The summed E-state index contributed by atoms with van der Waals surface area (Å²) in [6, 6.07) is 11.4. The minimum absolute atomic E-state index is 0.149. The van der Waals surface area contributed by atoms with Crippen molar-refractivity contribution >= 4 is 38.6 Å². The fraction of sp³-hybridized carbons (Fsp3) is 0.136. The Bertz CT molecular complexity index is 1370. The van der Waals surface area contributed by atoms with Gasteiger partial charge in [0.25, 0.3) is 5.91 Å². The minimum atomic E-state index is -0.158. The average Bonchev–Trinajstić information content (AvgIpc) is 3.38. The van der Waals surface area contributed by atoms with E-state index in [0.29, 0.717) is 5.56 Å². The molecule has 5 rings (SSSR count). The fourth-order valence-corrected chi connectivity index (χ4v) is 4.34. The van der Waals surface area contributed by atoms with E-state index < -0.39 is 0 Å². The molecule has 4 heterocycles. The number of hydrogen-bond acceptors (Lipinski definition) is 6. The first-order valence-corrected chi connectivity index (χ1v) is 10.3. The number of benzene rings is 1. The molecular weight excluding hydrogens is 396 g/mol.